The predicted molar refractivity (Wildman–Crippen MR) is 164 cm³/mol. The number of nitrogens with zero attached hydrogens (tertiary/aromatic N) is 1. The largest absolute Gasteiger partial charge is 0.508 e. The first-order valence-electron chi connectivity index (χ1n) is 13.8. The minimum Gasteiger partial charge on any atom is -0.508 e. The highest BCUT2D eigenvalue weighted by atomic mass is 16.6. The second-order valence-corrected chi connectivity index (χ2v) is 11.1. The molecule has 42 heavy (non-hydrogen) atoms. The van der Waals surface area contributed by atoms with E-state index in [9.17, 15) is 19.5 Å². The number of aryl methyl sites for hydroxylation is 2. The number of hydrogen-bond donors (Lipinski definition) is 3. The molecule has 8 heteroatoms. The van der Waals surface area contributed by atoms with Gasteiger partial charge in [0, 0.05) is 24.2 Å². The molecule has 0 aliphatic carbocycles. The summed E-state index contributed by atoms with van der Waals surface area (Å²) in [7, 11) is 0. The number of phenols is 1. The topological polar surface area (TPSA) is 108 Å². The molecule has 8 nitrogen and oxygen atoms in total. The van der Waals surface area contributed by atoms with E-state index >= 15 is 0 Å². The van der Waals surface area contributed by atoms with Crippen LogP contribution < -0.4 is 10.6 Å². The SMILES string of the molecule is C#Cc1ccccc1C(C(=O)Nc1c(C)cccc1C)N(CC)C(=O)C(Cc1ccc(O)cc1)NC(=O)OC(C)(C)C. The van der Waals surface area contributed by atoms with Gasteiger partial charge < -0.3 is 25.4 Å². The van der Waals surface area contributed by atoms with Crippen molar-refractivity contribution >= 4 is 23.6 Å². The van der Waals surface area contributed by atoms with E-state index in [4.69, 9.17) is 11.2 Å². The molecule has 0 radical (unpaired) electrons. The number of anilines is 1. The molecule has 3 amide bonds. The molecule has 0 spiro atoms. The zero-order valence-electron chi connectivity index (χ0n) is 25.0. The number of para-hydroxylation sites is 1. The Morgan fingerprint density at radius 3 is 2.17 bits per heavy atom. The summed E-state index contributed by atoms with van der Waals surface area (Å²) in [4.78, 5) is 42.7. The van der Waals surface area contributed by atoms with Gasteiger partial charge in [0.2, 0.25) is 5.91 Å². The highest BCUT2D eigenvalue weighted by Gasteiger charge is 2.37. The molecule has 3 aromatic carbocycles. The van der Waals surface area contributed by atoms with Gasteiger partial charge in [0.1, 0.15) is 23.4 Å². The van der Waals surface area contributed by atoms with E-state index in [-0.39, 0.29) is 18.7 Å². The number of carbonyl (C=O) groups is 3. The second kappa shape index (κ2) is 13.7. The minimum atomic E-state index is -1.10. The summed E-state index contributed by atoms with van der Waals surface area (Å²) in [6.45, 7) is 10.9. The summed E-state index contributed by atoms with van der Waals surface area (Å²) in [5.74, 6) is 1.78. The Hall–Kier alpha value is -4.77. The summed E-state index contributed by atoms with van der Waals surface area (Å²) in [6.07, 6.45) is 5.15. The smallest absolute Gasteiger partial charge is 0.408 e. The van der Waals surface area contributed by atoms with Gasteiger partial charge in [-0.1, -0.05) is 54.5 Å². The molecule has 3 rings (SSSR count). The number of aromatic hydroxyl groups is 1. The van der Waals surface area contributed by atoms with E-state index in [1.165, 1.54) is 17.0 Å². The maximum atomic E-state index is 14.3. The van der Waals surface area contributed by atoms with Crippen molar-refractivity contribution in [2.75, 3.05) is 11.9 Å². The summed E-state index contributed by atoms with van der Waals surface area (Å²) in [5, 5.41) is 15.5. The van der Waals surface area contributed by atoms with Gasteiger partial charge in [-0.2, -0.15) is 0 Å². The van der Waals surface area contributed by atoms with Crippen LogP contribution in [0.1, 0.15) is 61.6 Å². The average molecular weight is 570 g/mol. The Bertz CT molecular complexity index is 1450. The fourth-order valence-electron chi connectivity index (χ4n) is 4.70. The third kappa shape index (κ3) is 8.14. The van der Waals surface area contributed by atoms with Gasteiger partial charge in [-0.15, -0.1) is 6.42 Å². The molecule has 0 aliphatic heterocycles. The fraction of sp³-hybridized carbons (Fsp3) is 0.324. The number of alkyl carbamates (subject to hydrolysis) is 1. The lowest BCUT2D eigenvalue weighted by molar-refractivity contribution is -0.140. The monoisotopic (exact) mass is 569 g/mol. The van der Waals surface area contributed by atoms with Gasteiger partial charge in [0.05, 0.1) is 0 Å². The van der Waals surface area contributed by atoms with Crippen molar-refractivity contribution in [3.05, 3.63) is 94.5 Å². The maximum absolute atomic E-state index is 14.3. The number of phenolic OH excluding ortho intramolecular Hbond substituents is 1. The Morgan fingerprint density at radius 1 is 0.976 bits per heavy atom. The van der Waals surface area contributed by atoms with E-state index in [0.29, 0.717) is 22.4 Å². The number of carbonyl (C=O) groups excluding carboxylic acids is 3. The van der Waals surface area contributed by atoms with Crippen molar-refractivity contribution in [1.82, 2.24) is 10.2 Å². The van der Waals surface area contributed by atoms with Crippen LogP contribution in [-0.4, -0.2) is 46.1 Å². The summed E-state index contributed by atoms with van der Waals surface area (Å²) < 4.78 is 5.46. The molecule has 0 aromatic heterocycles. The molecule has 3 aromatic rings. The molecule has 0 saturated heterocycles. The van der Waals surface area contributed by atoms with Crippen molar-refractivity contribution in [2.24, 2.45) is 0 Å². The molecule has 2 unspecified atom stereocenters. The van der Waals surface area contributed by atoms with E-state index in [1.807, 2.05) is 32.0 Å². The number of likely N-dealkylation sites (N-methyl/N-ethyl adjacent to an activating group) is 1. The minimum absolute atomic E-state index is 0.0750. The van der Waals surface area contributed by atoms with Gasteiger partial charge in [-0.3, -0.25) is 9.59 Å². The Kier molecular flexibility index (Phi) is 10.4. The van der Waals surface area contributed by atoms with Crippen LogP contribution in [0, 0.1) is 26.2 Å². The van der Waals surface area contributed by atoms with Crippen LogP contribution in [0.15, 0.2) is 66.7 Å². The van der Waals surface area contributed by atoms with E-state index in [2.05, 4.69) is 16.6 Å². The van der Waals surface area contributed by atoms with Crippen molar-refractivity contribution in [3.8, 4) is 18.1 Å². The highest BCUT2D eigenvalue weighted by molar-refractivity contribution is 6.00. The highest BCUT2D eigenvalue weighted by Crippen LogP contribution is 2.29. The molecule has 2 atom stereocenters. The van der Waals surface area contributed by atoms with Crippen molar-refractivity contribution < 1.29 is 24.2 Å². The lowest BCUT2D eigenvalue weighted by Crippen LogP contribution is -2.53. The van der Waals surface area contributed by atoms with Gasteiger partial charge in [-0.05, 0) is 82.0 Å². The number of amides is 3. The van der Waals surface area contributed by atoms with E-state index in [0.717, 1.165) is 11.1 Å². The first kappa shape index (κ1) is 31.8. The van der Waals surface area contributed by atoms with Crippen molar-refractivity contribution in [3.63, 3.8) is 0 Å². The van der Waals surface area contributed by atoms with Crippen LogP contribution in [0.2, 0.25) is 0 Å². The summed E-state index contributed by atoms with van der Waals surface area (Å²) in [5.41, 5.74) is 3.26. The van der Waals surface area contributed by atoms with Crippen LogP contribution in [0.4, 0.5) is 10.5 Å². The van der Waals surface area contributed by atoms with Crippen LogP contribution in [-0.2, 0) is 20.7 Å². The third-order valence-corrected chi connectivity index (χ3v) is 6.69. The average Bonchev–Trinajstić information content (AvgIpc) is 2.93. The zero-order chi connectivity index (χ0) is 31.0. The number of benzene rings is 3. The predicted octanol–water partition coefficient (Wildman–Crippen LogP) is 5.65. The Balaban J connectivity index is 2.08. The molecular weight excluding hydrogens is 530 g/mol. The molecule has 220 valence electrons. The van der Waals surface area contributed by atoms with Gasteiger partial charge in [0.15, 0.2) is 0 Å². The first-order valence-corrected chi connectivity index (χ1v) is 13.8. The first-order chi connectivity index (χ1) is 19.8. The lowest BCUT2D eigenvalue weighted by Gasteiger charge is -2.34. The molecule has 3 N–H and O–H groups in total. The summed E-state index contributed by atoms with van der Waals surface area (Å²) >= 11 is 0. The van der Waals surface area contributed by atoms with Crippen molar-refractivity contribution in [1.29, 1.82) is 0 Å². The second-order valence-electron chi connectivity index (χ2n) is 11.1. The van der Waals surface area contributed by atoms with Crippen LogP contribution >= 0.6 is 0 Å². The maximum Gasteiger partial charge on any atom is 0.408 e. The molecule has 0 saturated carbocycles. The van der Waals surface area contributed by atoms with E-state index < -0.39 is 35.6 Å². The van der Waals surface area contributed by atoms with Crippen molar-refractivity contribution in [2.45, 2.75) is 65.6 Å². The summed E-state index contributed by atoms with van der Waals surface area (Å²) in [6, 6.07) is 16.9. The molecular formula is C34H39N3O5. The van der Waals surface area contributed by atoms with Crippen LogP contribution in [0.5, 0.6) is 5.75 Å². The quantitative estimate of drug-likeness (QED) is 0.289. The molecule has 0 bridgehead atoms. The fourth-order valence-corrected chi connectivity index (χ4v) is 4.70. The normalized spacial score (nSPS) is 12.4. The number of rotatable bonds is 9. The number of hydrogen-bond acceptors (Lipinski definition) is 5. The third-order valence-electron chi connectivity index (χ3n) is 6.69. The lowest BCUT2D eigenvalue weighted by atomic mass is 9.96. The Morgan fingerprint density at radius 2 is 1.60 bits per heavy atom. The number of ether oxygens (including phenoxy) is 1. The Labute approximate surface area is 248 Å². The van der Waals surface area contributed by atoms with Gasteiger partial charge in [0.25, 0.3) is 5.91 Å². The zero-order valence-corrected chi connectivity index (χ0v) is 25.0. The number of nitrogens with one attached hydrogen (secondary N) is 2. The molecule has 0 heterocycles. The van der Waals surface area contributed by atoms with Crippen LogP contribution in [0.3, 0.4) is 0 Å². The van der Waals surface area contributed by atoms with Crippen LogP contribution in [0.25, 0.3) is 0 Å². The molecule has 0 fully saturated rings. The van der Waals surface area contributed by atoms with Gasteiger partial charge in [-0.25, -0.2) is 4.79 Å². The molecule has 0 aliphatic rings. The standard InChI is InChI=1S/C34H39N3O5/c1-8-25-15-10-11-16-27(25)30(31(39)36-29-22(3)13-12-14-23(29)4)37(9-2)32(40)28(35-33(41)42-34(5,6)7)21-24-17-19-26(38)20-18-24/h1,10-20,28,30,38H,9,21H2,2-7H3,(H,35,41)(H,36,39). The number of terminal acetylenes is 1. The van der Waals surface area contributed by atoms with Gasteiger partial charge >= 0.3 is 6.09 Å². The van der Waals surface area contributed by atoms with E-state index in [1.54, 1.807) is 64.1 Å².